The van der Waals surface area contributed by atoms with E-state index >= 15 is 0 Å². The molecule has 8 heteroatoms. The Morgan fingerprint density at radius 1 is 1.30 bits per heavy atom. The Morgan fingerprint density at radius 3 is 2.78 bits per heavy atom. The number of furan rings is 1. The molecule has 0 spiro atoms. The summed E-state index contributed by atoms with van der Waals surface area (Å²) >= 11 is 8.00. The zero-order valence-corrected chi connectivity index (χ0v) is 16.8. The van der Waals surface area contributed by atoms with Crippen molar-refractivity contribution in [2.75, 3.05) is 0 Å². The Morgan fingerprint density at radius 2 is 2.11 bits per heavy atom. The van der Waals surface area contributed by atoms with E-state index in [1.54, 1.807) is 18.0 Å². The summed E-state index contributed by atoms with van der Waals surface area (Å²) < 4.78 is 7.76. The molecule has 27 heavy (non-hydrogen) atoms. The van der Waals surface area contributed by atoms with E-state index in [4.69, 9.17) is 21.7 Å². The highest BCUT2D eigenvalue weighted by Crippen LogP contribution is 2.37. The van der Waals surface area contributed by atoms with E-state index in [0.29, 0.717) is 15.0 Å². The second kappa shape index (κ2) is 7.75. The third-order valence-electron chi connectivity index (χ3n) is 3.93. The number of thioether (sulfide) groups is 2. The largest absolute Gasteiger partial charge is 0.468 e. The van der Waals surface area contributed by atoms with Gasteiger partial charge in [-0.3, -0.25) is 9.48 Å². The summed E-state index contributed by atoms with van der Waals surface area (Å²) in [6.45, 7) is 0. The molecular weight excluding hydrogens is 398 g/mol. The topological polar surface area (TPSA) is 60.1 Å². The lowest BCUT2D eigenvalue weighted by molar-refractivity contribution is -0.115. The van der Waals surface area contributed by atoms with Gasteiger partial charge in [-0.25, -0.2) is 0 Å². The number of hydrogen-bond acceptors (Lipinski definition) is 6. The Balaban J connectivity index is 1.78. The van der Waals surface area contributed by atoms with Gasteiger partial charge in [0.2, 0.25) is 0 Å². The third kappa shape index (κ3) is 3.87. The lowest BCUT2D eigenvalue weighted by atomic mass is 10.1. The molecule has 1 aliphatic rings. The second-order valence-electron chi connectivity index (χ2n) is 5.78. The van der Waals surface area contributed by atoms with E-state index in [2.05, 4.69) is 5.32 Å². The van der Waals surface area contributed by atoms with Crippen LogP contribution in [0.15, 0.2) is 63.1 Å². The summed E-state index contributed by atoms with van der Waals surface area (Å²) in [5.74, 6) is 1.39. The number of carbonyl (C=O) groups excluding carboxylic acids is 1. The molecule has 5 nitrogen and oxygen atoms in total. The molecule has 2 aromatic heterocycles. The van der Waals surface area contributed by atoms with Gasteiger partial charge >= 0.3 is 0 Å². The number of hydrogen-bond donors (Lipinski definition) is 1. The highest BCUT2D eigenvalue weighted by atomic mass is 32.2. The summed E-state index contributed by atoms with van der Waals surface area (Å²) in [5.41, 5.74) is 2.73. The molecule has 0 aliphatic carbocycles. The molecular formula is C19H15N3O2S3. The minimum absolute atomic E-state index is 0.171. The lowest BCUT2D eigenvalue weighted by Gasteiger charge is -2.04. The summed E-state index contributed by atoms with van der Waals surface area (Å²) in [4.78, 5) is 12.7. The van der Waals surface area contributed by atoms with Gasteiger partial charge in [-0.1, -0.05) is 66.1 Å². The van der Waals surface area contributed by atoms with Crippen molar-refractivity contribution in [1.29, 1.82) is 0 Å². The Labute approximate surface area is 170 Å². The van der Waals surface area contributed by atoms with Gasteiger partial charge in [0, 0.05) is 18.2 Å². The predicted molar refractivity (Wildman–Crippen MR) is 113 cm³/mol. The van der Waals surface area contributed by atoms with E-state index in [0.717, 1.165) is 27.6 Å². The fourth-order valence-corrected chi connectivity index (χ4v) is 4.73. The van der Waals surface area contributed by atoms with Gasteiger partial charge in [-0.05, 0) is 18.2 Å². The van der Waals surface area contributed by atoms with E-state index < -0.39 is 0 Å². The van der Waals surface area contributed by atoms with Crippen LogP contribution < -0.4 is 5.32 Å². The van der Waals surface area contributed by atoms with E-state index in [1.165, 1.54) is 11.8 Å². The second-order valence-corrected chi connectivity index (χ2v) is 8.46. The Bertz CT molecular complexity index is 1020. The van der Waals surface area contributed by atoms with Crippen molar-refractivity contribution in [2.24, 2.45) is 7.05 Å². The standard InChI is InChI=1S/C19H15N3O2S3/c1-22-18(26-11-13-8-5-9-24-13)14(10-15-17(23)20-19(25)27-15)16(21-22)12-6-3-2-4-7-12/h2-10H,11H2,1H3,(H,20,23,25)/b15-10-. The Hall–Kier alpha value is -2.29. The van der Waals surface area contributed by atoms with Crippen LogP contribution in [0.2, 0.25) is 0 Å². The minimum atomic E-state index is -0.171. The molecule has 0 atom stereocenters. The van der Waals surface area contributed by atoms with Crippen LogP contribution in [-0.2, 0) is 17.6 Å². The van der Waals surface area contributed by atoms with E-state index in [-0.39, 0.29) is 5.91 Å². The number of carbonyl (C=O) groups is 1. The summed E-state index contributed by atoms with van der Waals surface area (Å²) in [6, 6.07) is 13.8. The zero-order valence-electron chi connectivity index (χ0n) is 14.3. The zero-order chi connectivity index (χ0) is 18.8. The number of aromatic nitrogens is 2. The summed E-state index contributed by atoms with van der Waals surface area (Å²) in [6.07, 6.45) is 3.54. The van der Waals surface area contributed by atoms with E-state index in [1.807, 2.05) is 60.3 Å². The number of nitrogens with one attached hydrogen (secondary N) is 1. The van der Waals surface area contributed by atoms with Crippen molar-refractivity contribution in [2.45, 2.75) is 10.8 Å². The van der Waals surface area contributed by atoms with Crippen LogP contribution in [0.25, 0.3) is 17.3 Å². The number of thiocarbonyl (C=S) groups is 1. The van der Waals surface area contributed by atoms with Crippen LogP contribution in [0, 0.1) is 0 Å². The van der Waals surface area contributed by atoms with Gasteiger partial charge in [0.15, 0.2) is 0 Å². The van der Waals surface area contributed by atoms with Gasteiger partial charge in [0.1, 0.15) is 20.8 Å². The van der Waals surface area contributed by atoms with Crippen LogP contribution in [0.5, 0.6) is 0 Å². The maximum Gasteiger partial charge on any atom is 0.263 e. The first kappa shape index (κ1) is 18.1. The van der Waals surface area contributed by atoms with Crippen molar-refractivity contribution in [1.82, 2.24) is 15.1 Å². The molecule has 1 saturated heterocycles. The molecule has 1 N–H and O–H groups in total. The van der Waals surface area contributed by atoms with Crippen molar-refractivity contribution in [3.63, 3.8) is 0 Å². The first-order valence-electron chi connectivity index (χ1n) is 8.14. The Kier molecular flexibility index (Phi) is 5.20. The summed E-state index contributed by atoms with van der Waals surface area (Å²) in [5, 5.41) is 8.34. The highest BCUT2D eigenvalue weighted by Gasteiger charge is 2.25. The molecule has 0 bridgehead atoms. The van der Waals surface area contributed by atoms with Gasteiger partial charge in [0.25, 0.3) is 5.91 Å². The fourth-order valence-electron chi connectivity index (χ4n) is 2.72. The number of benzene rings is 1. The van der Waals surface area contributed by atoms with Crippen molar-refractivity contribution in [3.8, 4) is 11.3 Å². The van der Waals surface area contributed by atoms with Crippen LogP contribution in [0.1, 0.15) is 11.3 Å². The van der Waals surface area contributed by atoms with Crippen LogP contribution in [0.3, 0.4) is 0 Å². The number of aryl methyl sites for hydroxylation is 1. The molecule has 3 heterocycles. The third-order valence-corrected chi connectivity index (χ3v) is 6.27. The van der Waals surface area contributed by atoms with Crippen molar-refractivity contribution >= 4 is 52.0 Å². The molecule has 0 unspecified atom stereocenters. The fraction of sp³-hybridized carbons (Fsp3) is 0.105. The van der Waals surface area contributed by atoms with Gasteiger partial charge in [0.05, 0.1) is 16.9 Å². The molecule has 4 rings (SSSR count). The molecule has 1 amide bonds. The maximum atomic E-state index is 12.2. The smallest absolute Gasteiger partial charge is 0.263 e. The van der Waals surface area contributed by atoms with Gasteiger partial charge in [-0.2, -0.15) is 5.10 Å². The molecule has 1 fully saturated rings. The predicted octanol–water partition coefficient (Wildman–Crippen LogP) is 4.46. The van der Waals surface area contributed by atoms with Crippen LogP contribution >= 0.6 is 35.7 Å². The SMILES string of the molecule is Cn1nc(-c2ccccc2)c(/C=C2\SC(=S)NC2=O)c1SCc1ccco1. The van der Waals surface area contributed by atoms with Gasteiger partial charge in [-0.15, -0.1) is 0 Å². The molecule has 1 aliphatic heterocycles. The molecule has 0 radical (unpaired) electrons. The first-order chi connectivity index (χ1) is 13.1. The van der Waals surface area contributed by atoms with Crippen molar-refractivity contribution < 1.29 is 9.21 Å². The highest BCUT2D eigenvalue weighted by molar-refractivity contribution is 8.26. The number of nitrogens with zero attached hydrogens (tertiary/aromatic N) is 2. The normalized spacial score (nSPS) is 15.5. The quantitative estimate of drug-likeness (QED) is 0.379. The van der Waals surface area contributed by atoms with E-state index in [9.17, 15) is 4.79 Å². The van der Waals surface area contributed by atoms with Gasteiger partial charge < -0.3 is 9.73 Å². The summed E-state index contributed by atoms with van der Waals surface area (Å²) in [7, 11) is 1.91. The average molecular weight is 414 g/mol. The lowest BCUT2D eigenvalue weighted by Crippen LogP contribution is -2.17. The molecule has 0 saturated carbocycles. The van der Waals surface area contributed by atoms with Crippen molar-refractivity contribution in [3.05, 3.63) is 65.0 Å². The maximum absolute atomic E-state index is 12.2. The number of amides is 1. The van der Waals surface area contributed by atoms with Crippen LogP contribution in [-0.4, -0.2) is 20.0 Å². The average Bonchev–Trinajstić information content (AvgIpc) is 3.36. The minimum Gasteiger partial charge on any atom is -0.468 e. The molecule has 1 aromatic carbocycles. The first-order valence-corrected chi connectivity index (χ1v) is 10.4. The number of rotatable bonds is 5. The molecule has 3 aromatic rings. The molecule has 136 valence electrons. The van der Waals surface area contributed by atoms with Crippen LogP contribution in [0.4, 0.5) is 0 Å². The monoisotopic (exact) mass is 413 g/mol.